The molecule has 0 aromatic heterocycles. The van der Waals surface area contributed by atoms with Crippen LogP contribution in [0, 0.1) is 10.1 Å². The normalized spacial score (nSPS) is 10.4. The van der Waals surface area contributed by atoms with Crippen LogP contribution in [0.2, 0.25) is 0 Å². The van der Waals surface area contributed by atoms with Gasteiger partial charge in [0.2, 0.25) is 5.91 Å². The number of rotatable bonds is 8. The number of halogens is 1. The number of amides is 1. The first-order valence-electron chi connectivity index (χ1n) is 6.91. The fourth-order valence-corrected chi connectivity index (χ4v) is 2.55. The lowest BCUT2D eigenvalue weighted by Gasteiger charge is -2.18. The van der Waals surface area contributed by atoms with Gasteiger partial charge >= 0.3 is 0 Å². The Bertz CT molecular complexity index is 504. The van der Waals surface area contributed by atoms with Crippen LogP contribution < -0.4 is 5.32 Å². The highest BCUT2D eigenvalue weighted by atomic mass is 79.9. The average Bonchev–Trinajstić information content (AvgIpc) is 2.46. The SMILES string of the molecule is CCN(CC)C(=O)CCNCc1cccc([N+](=O)[O-])c1Br. The molecule has 0 heterocycles. The van der Waals surface area contributed by atoms with Crippen molar-refractivity contribution in [3.05, 3.63) is 38.3 Å². The van der Waals surface area contributed by atoms with E-state index in [1.165, 1.54) is 6.07 Å². The molecular formula is C14H20BrN3O3. The summed E-state index contributed by atoms with van der Waals surface area (Å²) in [5.41, 5.74) is 0.855. The molecule has 6 nitrogen and oxygen atoms in total. The second-order valence-electron chi connectivity index (χ2n) is 4.50. The van der Waals surface area contributed by atoms with E-state index in [1.807, 2.05) is 19.9 Å². The summed E-state index contributed by atoms with van der Waals surface area (Å²) in [4.78, 5) is 24.0. The smallest absolute Gasteiger partial charge is 0.283 e. The minimum absolute atomic E-state index is 0.0496. The van der Waals surface area contributed by atoms with Gasteiger partial charge in [0, 0.05) is 38.7 Å². The fourth-order valence-electron chi connectivity index (χ4n) is 2.00. The van der Waals surface area contributed by atoms with Crippen LogP contribution in [0.4, 0.5) is 5.69 Å². The first kappa shape index (κ1) is 17.6. The molecule has 1 amide bonds. The van der Waals surface area contributed by atoms with Crippen LogP contribution in [0.25, 0.3) is 0 Å². The third-order valence-corrected chi connectivity index (χ3v) is 4.12. The third kappa shape index (κ3) is 5.09. The molecule has 0 fully saturated rings. The predicted molar refractivity (Wildman–Crippen MR) is 85.0 cm³/mol. The number of nitrogens with one attached hydrogen (secondary N) is 1. The van der Waals surface area contributed by atoms with Gasteiger partial charge in [0.1, 0.15) is 0 Å². The van der Waals surface area contributed by atoms with Crippen LogP contribution in [0.3, 0.4) is 0 Å². The van der Waals surface area contributed by atoms with Crippen molar-refractivity contribution in [2.75, 3.05) is 19.6 Å². The van der Waals surface area contributed by atoms with E-state index < -0.39 is 4.92 Å². The second kappa shape index (κ2) is 8.74. The maximum Gasteiger partial charge on any atom is 0.283 e. The van der Waals surface area contributed by atoms with Crippen LogP contribution in [0.1, 0.15) is 25.8 Å². The summed E-state index contributed by atoms with van der Waals surface area (Å²) in [7, 11) is 0. The Morgan fingerprint density at radius 1 is 1.38 bits per heavy atom. The number of carbonyl (C=O) groups excluding carboxylic acids is 1. The van der Waals surface area contributed by atoms with E-state index in [0.717, 1.165) is 5.56 Å². The van der Waals surface area contributed by atoms with Gasteiger partial charge in [-0.3, -0.25) is 14.9 Å². The molecule has 0 saturated carbocycles. The molecule has 21 heavy (non-hydrogen) atoms. The third-order valence-electron chi connectivity index (χ3n) is 3.20. The summed E-state index contributed by atoms with van der Waals surface area (Å²) in [5, 5.41) is 14.0. The van der Waals surface area contributed by atoms with E-state index in [4.69, 9.17) is 0 Å². The molecule has 0 aliphatic rings. The van der Waals surface area contributed by atoms with Crippen molar-refractivity contribution in [2.24, 2.45) is 0 Å². The van der Waals surface area contributed by atoms with Gasteiger partial charge in [0.25, 0.3) is 5.69 Å². The fraction of sp³-hybridized carbons (Fsp3) is 0.500. The van der Waals surface area contributed by atoms with Crippen LogP contribution in [-0.2, 0) is 11.3 Å². The second-order valence-corrected chi connectivity index (χ2v) is 5.29. The Morgan fingerprint density at radius 3 is 2.62 bits per heavy atom. The van der Waals surface area contributed by atoms with Crippen LogP contribution in [0.15, 0.2) is 22.7 Å². The largest absolute Gasteiger partial charge is 0.343 e. The van der Waals surface area contributed by atoms with Crippen molar-refractivity contribution >= 4 is 27.5 Å². The molecule has 0 aliphatic heterocycles. The van der Waals surface area contributed by atoms with E-state index in [-0.39, 0.29) is 11.6 Å². The molecule has 0 saturated heterocycles. The summed E-state index contributed by atoms with van der Waals surface area (Å²) >= 11 is 3.25. The topological polar surface area (TPSA) is 75.5 Å². The Hall–Kier alpha value is -1.47. The zero-order chi connectivity index (χ0) is 15.8. The van der Waals surface area contributed by atoms with Crippen LogP contribution in [-0.4, -0.2) is 35.4 Å². The summed E-state index contributed by atoms with van der Waals surface area (Å²) in [6.07, 6.45) is 0.425. The molecule has 116 valence electrons. The summed E-state index contributed by atoms with van der Waals surface area (Å²) in [5.74, 6) is 0.116. The lowest BCUT2D eigenvalue weighted by molar-refractivity contribution is -0.385. The lowest BCUT2D eigenvalue weighted by Crippen LogP contribution is -2.32. The van der Waals surface area contributed by atoms with Crippen molar-refractivity contribution in [3.63, 3.8) is 0 Å². The number of hydrogen-bond donors (Lipinski definition) is 1. The average molecular weight is 358 g/mol. The maximum atomic E-state index is 11.8. The van der Waals surface area contributed by atoms with Crippen molar-refractivity contribution in [1.29, 1.82) is 0 Å². The standard InChI is InChI=1S/C14H20BrN3O3/c1-3-17(4-2)13(19)8-9-16-10-11-6-5-7-12(14(11)15)18(20)21/h5-7,16H,3-4,8-10H2,1-2H3. The molecule has 1 aromatic carbocycles. The molecule has 7 heteroatoms. The zero-order valence-electron chi connectivity index (χ0n) is 12.3. The number of carbonyl (C=O) groups is 1. The summed E-state index contributed by atoms with van der Waals surface area (Å²) in [6.45, 7) is 6.36. The number of hydrogen-bond acceptors (Lipinski definition) is 4. The van der Waals surface area contributed by atoms with Crippen molar-refractivity contribution in [1.82, 2.24) is 10.2 Å². The Balaban J connectivity index is 2.48. The molecule has 0 radical (unpaired) electrons. The van der Waals surface area contributed by atoms with Gasteiger partial charge in [-0.2, -0.15) is 0 Å². The van der Waals surface area contributed by atoms with Gasteiger partial charge < -0.3 is 10.2 Å². The van der Waals surface area contributed by atoms with Gasteiger partial charge in [-0.25, -0.2) is 0 Å². The molecule has 1 aromatic rings. The van der Waals surface area contributed by atoms with E-state index >= 15 is 0 Å². The maximum absolute atomic E-state index is 11.8. The minimum Gasteiger partial charge on any atom is -0.343 e. The number of benzene rings is 1. The molecule has 0 aliphatic carbocycles. The molecule has 0 atom stereocenters. The van der Waals surface area contributed by atoms with Gasteiger partial charge in [0.05, 0.1) is 9.40 Å². The molecule has 1 N–H and O–H groups in total. The molecule has 0 unspecified atom stereocenters. The zero-order valence-corrected chi connectivity index (χ0v) is 13.9. The van der Waals surface area contributed by atoms with E-state index in [9.17, 15) is 14.9 Å². The van der Waals surface area contributed by atoms with E-state index in [2.05, 4.69) is 21.2 Å². The van der Waals surface area contributed by atoms with Crippen molar-refractivity contribution in [2.45, 2.75) is 26.8 Å². The van der Waals surface area contributed by atoms with Crippen molar-refractivity contribution < 1.29 is 9.72 Å². The highest BCUT2D eigenvalue weighted by Crippen LogP contribution is 2.27. The molecule has 1 rings (SSSR count). The van der Waals surface area contributed by atoms with Crippen LogP contribution >= 0.6 is 15.9 Å². The van der Waals surface area contributed by atoms with Gasteiger partial charge in [-0.05, 0) is 35.3 Å². The Kier molecular flexibility index (Phi) is 7.31. The highest BCUT2D eigenvalue weighted by molar-refractivity contribution is 9.10. The molecular weight excluding hydrogens is 338 g/mol. The van der Waals surface area contributed by atoms with Crippen LogP contribution in [0.5, 0.6) is 0 Å². The van der Waals surface area contributed by atoms with E-state index in [0.29, 0.717) is 37.1 Å². The summed E-state index contributed by atoms with van der Waals surface area (Å²) in [6, 6.07) is 4.93. The quantitative estimate of drug-likeness (QED) is 0.440. The predicted octanol–water partition coefficient (Wildman–Crippen LogP) is 2.71. The minimum atomic E-state index is -0.419. The van der Waals surface area contributed by atoms with Gasteiger partial charge in [-0.1, -0.05) is 12.1 Å². The number of nitro benzene ring substituents is 1. The monoisotopic (exact) mass is 357 g/mol. The Labute approximate surface area is 132 Å². The lowest BCUT2D eigenvalue weighted by atomic mass is 10.2. The molecule has 0 spiro atoms. The van der Waals surface area contributed by atoms with Gasteiger partial charge in [-0.15, -0.1) is 0 Å². The number of nitro groups is 1. The van der Waals surface area contributed by atoms with Gasteiger partial charge in [0.15, 0.2) is 0 Å². The Morgan fingerprint density at radius 2 is 2.05 bits per heavy atom. The summed E-state index contributed by atoms with van der Waals surface area (Å²) < 4.78 is 0.484. The first-order valence-corrected chi connectivity index (χ1v) is 7.70. The number of nitrogens with zero attached hydrogens (tertiary/aromatic N) is 2. The molecule has 0 bridgehead atoms. The van der Waals surface area contributed by atoms with E-state index in [1.54, 1.807) is 11.0 Å². The first-order chi connectivity index (χ1) is 10.0. The van der Waals surface area contributed by atoms with Crippen molar-refractivity contribution in [3.8, 4) is 0 Å². The highest BCUT2D eigenvalue weighted by Gasteiger charge is 2.14.